The number of hydrogen-bond acceptors (Lipinski definition) is 3. The minimum Gasteiger partial charge on any atom is -0.353 e. The molecule has 0 radical (unpaired) electrons. The van der Waals surface area contributed by atoms with Crippen LogP contribution in [0, 0.1) is 11.3 Å². The number of rotatable bonds is 4. The van der Waals surface area contributed by atoms with Crippen molar-refractivity contribution in [1.82, 2.24) is 0 Å². The molecule has 2 rings (SSSR count). The highest BCUT2D eigenvalue weighted by atomic mass is 79.9. The second-order valence-corrected chi connectivity index (χ2v) is 6.46. The lowest BCUT2D eigenvalue weighted by atomic mass is 10.2. The van der Waals surface area contributed by atoms with E-state index in [0.717, 1.165) is 26.5 Å². The van der Waals surface area contributed by atoms with Crippen molar-refractivity contribution in [2.45, 2.75) is 11.8 Å². The largest absolute Gasteiger partial charge is 0.353 e. The summed E-state index contributed by atoms with van der Waals surface area (Å²) in [6.07, 6.45) is 0. The molecule has 0 bridgehead atoms. The van der Waals surface area contributed by atoms with Crippen LogP contribution in [0.15, 0.2) is 45.8 Å². The number of nitrogens with one attached hydrogen (secondary N) is 1. The predicted octanol–water partition coefficient (Wildman–Crippen LogP) is 5.83. The van der Waals surface area contributed by atoms with Crippen LogP contribution in [0.1, 0.15) is 12.5 Å². The lowest BCUT2D eigenvalue weighted by Gasteiger charge is -2.13. The molecule has 0 aliphatic carbocycles. The van der Waals surface area contributed by atoms with Crippen molar-refractivity contribution in [3.63, 3.8) is 0 Å². The van der Waals surface area contributed by atoms with E-state index >= 15 is 0 Å². The number of nitriles is 1. The van der Waals surface area contributed by atoms with Crippen molar-refractivity contribution in [1.29, 1.82) is 5.26 Å². The van der Waals surface area contributed by atoms with Gasteiger partial charge in [-0.25, -0.2) is 0 Å². The summed E-state index contributed by atoms with van der Waals surface area (Å²) in [5.74, 6) is 0.930. The molecule has 0 amide bonds. The van der Waals surface area contributed by atoms with Gasteiger partial charge < -0.3 is 5.32 Å². The molecule has 2 nitrogen and oxygen atoms in total. The Kier molecular flexibility index (Phi) is 5.36. The van der Waals surface area contributed by atoms with Gasteiger partial charge >= 0.3 is 0 Å². The molecule has 0 aliphatic rings. The fourth-order valence-electron chi connectivity index (χ4n) is 1.77. The first-order valence-electron chi connectivity index (χ1n) is 6.04. The molecule has 0 spiro atoms. The summed E-state index contributed by atoms with van der Waals surface area (Å²) in [5, 5.41) is 13.3. The lowest BCUT2D eigenvalue weighted by Crippen LogP contribution is -1.96. The first kappa shape index (κ1) is 15.2. The highest BCUT2D eigenvalue weighted by molar-refractivity contribution is 9.10. The lowest BCUT2D eigenvalue weighted by molar-refractivity contribution is 1.34. The molecule has 1 N–H and O–H groups in total. The van der Waals surface area contributed by atoms with Gasteiger partial charge in [0, 0.05) is 4.90 Å². The quantitative estimate of drug-likeness (QED) is 0.691. The van der Waals surface area contributed by atoms with Crippen LogP contribution in [-0.2, 0) is 0 Å². The van der Waals surface area contributed by atoms with Gasteiger partial charge in [-0.15, -0.1) is 11.8 Å². The normalized spacial score (nSPS) is 10.1. The third kappa shape index (κ3) is 3.29. The molecule has 0 unspecified atom stereocenters. The fraction of sp³-hybridized carbons (Fsp3) is 0.133. The Morgan fingerprint density at radius 3 is 2.65 bits per heavy atom. The Hall–Kier alpha value is -1.15. The fourth-order valence-corrected chi connectivity index (χ4v) is 3.10. The maximum Gasteiger partial charge on any atom is 0.103 e. The maximum absolute atomic E-state index is 9.39. The maximum atomic E-state index is 9.39. The van der Waals surface area contributed by atoms with E-state index in [-0.39, 0.29) is 0 Å². The Labute approximate surface area is 136 Å². The molecule has 2 aromatic rings. The smallest absolute Gasteiger partial charge is 0.103 e. The number of nitrogens with zero attached hydrogens (tertiary/aromatic N) is 1. The number of benzene rings is 2. The number of thioether (sulfide) groups is 1. The topological polar surface area (TPSA) is 35.8 Å². The molecular weight excluding hydrogens is 356 g/mol. The van der Waals surface area contributed by atoms with E-state index in [2.05, 4.69) is 34.2 Å². The van der Waals surface area contributed by atoms with Crippen molar-refractivity contribution >= 4 is 50.7 Å². The summed E-state index contributed by atoms with van der Waals surface area (Å²) in [6, 6.07) is 13.7. The van der Waals surface area contributed by atoms with Crippen LogP contribution < -0.4 is 5.32 Å². The standard InChI is InChI=1S/C15H12BrClN2S/c1-2-20-14-8-4-6-12(10(14)9-18)19-13-7-3-5-11(17)15(13)16/h3-8,19H,2H2,1H3. The average Bonchev–Trinajstić information content (AvgIpc) is 2.44. The first-order valence-corrected chi connectivity index (χ1v) is 8.20. The summed E-state index contributed by atoms with van der Waals surface area (Å²) < 4.78 is 0.791. The molecule has 2 aromatic carbocycles. The van der Waals surface area contributed by atoms with Gasteiger partial charge in [0.15, 0.2) is 0 Å². The summed E-state index contributed by atoms with van der Waals surface area (Å²) in [6.45, 7) is 2.07. The average molecular weight is 368 g/mol. The third-order valence-corrected chi connectivity index (χ3v) is 5.00. The van der Waals surface area contributed by atoms with E-state index in [4.69, 9.17) is 11.6 Å². The van der Waals surface area contributed by atoms with Crippen molar-refractivity contribution in [3.05, 3.63) is 51.5 Å². The van der Waals surface area contributed by atoms with Crippen LogP contribution in [0.4, 0.5) is 11.4 Å². The van der Waals surface area contributed by atoms with Crippen molar-refractivity contribution in [2.75, 3.05) is 11.1 Å². The number of halogens is 2. The van der Waals surface area contributed by atoms with E-state index in [1.54, 1.807) is 11.8 Å². The van der Waals surface area contributed by atoms with Crippen LogP contribution in [0.2, 0.25) is 5.02 Å². The molecule has 0 aromatic heterocycles. The van der Waals surface area contributed by atoms with Crippen LogP contribution in [0.5, 0.6) is 0 Å². The highest BCUT2D eigenvalue weighted by Crippen LogP contribution is 2.35. The molecule has 0 aliphatic heterocycles. The monoisotopic (exact) mass is 366 g/mol. The van der Waals surface area contributed by atoms with Gasteiger partial charge in [-0.1, -0.05) is 30.7 Å². The van der Waals surface area contributed by atoms with Crippen molar-refractivity contribution < 1.29 is 0 Å². The summed E-state index contributed by atoms with van der Waals surface area (Å²) >= 11 is 11.2. The molecule has 0 fully saturated rings. The zero-order valence-corrected chi connectivity index (χ0v) is 13.9. The molecule has 0 heterocycles. The van der Waals surface area contributed by atoms with Crippen molar-refractivity contribution in [2.24, 2.45) is 0 Å². The number of hydrogen-bond donors (Lipinski definition) is 1. The van der Waals surface area contributed by atoms with Crippen LogP contribution in [0.25, 0.3) is 0 Å². The van der Waals surface area contributed by atoms with E-state index in [0.29, 0.717) is 10.6 Å². The predicted molar refractivity (Wildman–Crippen MR) is 90.0 cm³/mol. The second-order valence-electron chi connectivity index (χ2n) is 3.95. The second kappa shape index (κ2) is 7.03. The summed E-state index contributed by atoms with van der Waals surface area (Å²) in [7, 11) is 0. The Balaban J connectivity index is 2.41. The van der Waals surface area contributed by atoms with E-state index in [1.807, 2.05) is 36.4 Å². The van der Waals surface area contributed by atoms with E-state index < -0.39 is 0 Å². The highest BCUT2D eigenvalue weighted by Gasteiger charge is 2.10. The zero-order chi connectivity index (χ0) is 14.5. The molecule has 102 valence electrons. The number of anilines is 2. The molecule has 0 saturated heterocycles. The Bertz CT molecular complexity index is 667. The van der Waals surface area contributed by atoms with Gasteiger partial charge in [-0.05, 0) is 45.9 Å². The van der Waals surface area contributed by atoms with E-state index in [1.165, 1.54) is 0 Å². The van der Waals surface area contributed by atoms with Crippen LogP contribution in [-0.4, -0.2) is 5.75 Å². The SMILES string of the molecule is CCSc1cccc(Nc2cccc(Cl)c2Br)c1C#N. The Morgan fingerprint density at radius 1 is 1.25 bits per heavy atom. The summed E-state index contributed by atoms with van der Waals surface area (Å²) in [5.41, 5.74) is 2.28. The molecule has 0 saturated carbocycles. The van der Waals surface area contributed by atoms with Gasteiger partial charge in [0.1, 0.15) is 6.07 Å². The van der Waals surface area contributed by atoms with Gasteiger partial charge in [0.05, 0.1) is 26.4 Å². The van der Waals surface area contributed by atoms with Gasteiger partial charge in [0.25, 0.3) is 0 Å². The van der Waals surface area contributed by atoms with Gasteiger partial charge in [-0.3, -0.25) is 0 Å². The van der Waals surface area contributed by atoms with Crippen LogP contribution in [0.3, 0.4) is 0 Å². The van der Waals surface area contributed by atoms with Gasteiger partial charge in [-0.2, -0.15) is 5.26 Å². The molecule has 0 atom stereocenters. The third-order valence-electron chi connectivity index (χ3n) is 2.66. The minimum atomic E-state index is 0.632. The minimum absolute atomic E-state index is 0.632. The first-order chi connectivity index (χ1) is 9.67. The molecule has 5 heteroatoms. The van der Waals surface area contributed by atoms with Crippen molar-refractivity contribution in [3.8, 4) is 6.07 Å². The molecular formula is C15H12BrClN2S. The summed E-state index contributed by atoms with van der Waals surface area (Å²) in [4.78, 5) is 0.984. The zero-order valence-electron chi connectivity index (χ0n) is 10.8. The molecule has 20 heavy (non-hydrogen) atoms. The van der Waals surface area contributed by atoms with E-state index in [9.17, 15) is 5.26 Å². The van der Waals surface area contributed by atoms with Crippen LogP contribution >= 0.6 is 39.3 Å². The van der Waals surface area contributed by atoms with Gasteiger partial charge in [0.2, 0.25) is 0 Å². The Morgan fingerprint density at radius 2 is 1.95 bits per heavy atom.